The number of aryl methyl sites for hydroxylation is 1. The van der Waals surface area contributed by atoms with Crippen LogP contribution in [0.2, 0.25) is 10.0 Å². The van der Waals surface area contributed by atoms with Gasteiger partial charge in [-0.2, -0.15) is 0 Å². The number of hydrogen-bond acceptors (Lipinski definition) is 2. The molecule has 2 N–H and O–H groups in total. The Balaban J connectivity index is 0.00000220. The second-order valence-corrected chi connectivity index (χ2v) is 6.01. The van der Waals surface area contributed by atoms with Gasteiger partial charge in [-0.05, 0) is 49.9 Å². The van der Waals surface area contributed by atoms with E-state index in [4.69, 9.17) is 23.2 Å². The SMILES string of the molecule is Cl.O=C(CCCc1ccc(Cl)c(Cl)c1)NCC1CCCN1. The highest BCUT2D eigenvalue weighted by Crippen LogP contribution is 2.23. The fourth-order valence-electron chi connectivity index (χ4n) is 2.40. The van der Waals surface area contributed by atoms with Gasteiger partial charge in [0.25, 0.3) is 0 Å². The van der Waals surface area contributed by atoms with Gasteiger partial charge in [0.2, 0.25) is 5.91 Å². The van der Waals surface area contributed by atoms with Gasteiger partial charge in [0, 0.05) is 19.0 Å². The van der Waals surface area contributed by atoms with Crippen LogP contribution >= 0.6 is 35.6 Å². The van der Waals surface area contributed by atoms with Crippen molar-refractivity contribution in [3.63, 3.8) is 0 Å². The Morgan fingerprint density at radius 3 is 2.81 bits per heavy atom. The molecule has 118 valence electrons. The van der Waals surface area contributed by atoms with Crippen LogP contribution in [-0.2, 0) is 11.2 Å². The molecule has 0 radical (unpaired) electrons. The molecule has 1 aromatic carbocycles. The largest absolute Gasteiger partial charge is 0.355 e. The minimum Gasteiger partial charge on any atom is -0.355 e. The van der Waals surface area contributed by atoms with Crippen molar-refractivity contribution in [3.05, 3.63) is 33.8 Å². The molecule has 6 heteroatoms. The smallest absolute Gasteiger partial charge is 0.220 e. The number of nitrogens with one attached hydrogen (secondary N) is 2. The lowest BCUT2D eigenvalue weighted by Crippen LogP contribution is -2.37. The van der Waals surface area contributed by atoms with Gasteiger partial charge in [0.1, 0.15) is 0 Å². The zero-order valence-electron chi connectivity index (χ0n) is 11.8. The zero-order valence-corrected chi connectivity index (χ0v) is 14.2. The lowest BCUT2D eigenvalue weighted by atomic mass is 10.1. The summed E-state index contributed by atoms with van der Waals surface area (Å²) < 4.78 is 0. The van der Waals surface area contributed by atoms with Crippen LogP contribution in [0.25, 0.3) is 0 Å². The van der Waals surface area contributed by atoms with Crippen molar-refractivity contribution in [1.29, 1.82) is 0 Å². The van der Waals surface area contributed by atoms with E-state index in [-0.39, 0.29) is 18.3 Å². The van der Waals surface area contributed by atoms with Gasteiger partial charge in [-0.25, -0.2) is 0 Å². The summed E-state index contributed by atoms with van der Waals surface area (Å²) in [4.78, 5) is 11.7. The Morgan fingerprint density at radius 2 is 2.14 bits per heavy atom. The van der Waals surface area contributed by atoms with E-state index in [0.717, 1.165) is 37.9 Å². The normalized spacial score (nSPS) is 17.3. The molecule has 1 aliphatic rings. The molecule has 0 aliphatic carbocycles. The molecule has 1 saturated heterocycles. The fraction of sp³-hybridized carbons (Fsp3) is 0.533. The van der Waals surface area contributed by atoms with E-state index in [1.807, 2.05) is 12.1 Å². The fourth-order valence-corrected chi connectivity index (χ4v) is 2.73. The van der Waals surface area contributed by atoms with Crippen molar-refractivity contribution < 1.29 is 4.79 Å². The molecule has 0 saturated carbocycles. The van der Waals surface area contributed by atoms with Crippen LogP contribution in [0.15, 0.2) is 18.2 Å². The monoisotopic (exact) mass is 350 g/mol. The van der Waals surface area contributed by atoms with Gasteiger partial charge < -0.3 is 10.6 Å². The first-order valence-corrected chi connectivity index (χ1v) is 7.85. The summed E-state index contributed by atoms with van der Waals surface area (Å²) in [7, 11) is 0. The zero-order chi connectivity index (χ0) is 14.4. The van der Waals surface area contributed by atoms with Crippen LogP contribution in [0, 0.1) is 0 Å². The lowest BCUT2D eigenvalue weighted by Gasteiger charge is -2.11. The molecule has 1 unspecified atom stereocenters. The molecule has 1 atom stereocenters. The first kappa shape index (κ1) is 18.6. The predicted molar refractivity (Wildman–Crippen MR) is 90.7 cm³/mol. The molecule has 0 aromatic heterocycles. The summed E-state index contributed by atoms with van der Waals surface area (Å²) in [6.07, 6.45) is 4.57. The van der Waals surface area contributed by atoms with E-state index in [1.54, 1.807) is 6.07 Å². The van der Waals surface area contributed by atoms with E-state index in [9.17, 15) is 4.79 Å². The van der Waals surface area contributed by atoms with Crippen LogP contribution in [0.1, 0.15) is 31.2 Å². The molecule has 1 aliphatic heterocycles. The lowest BCUT2D eigenvalue weighted by molar-refractivity contribution is -0.121. The van der Waals surface area contributed by atoms with Gasteiger partial charge in [0.05, 0.1) is 10.0 Å². The number of benzene rings is 1. The molecular formula is C15H21Cl3N2O. The average Bonchev–Trinajstić information content (AvgIpc) is 2.94. The Hall–Kier alpha value is -0.480. The van der Waals surface area contributed by atoms with Crippen LogP contribution in [-0.4, -0.2) is 25.0 Å². The highest BCUT2D eigenvalue weighted by Gasteiger charge is 2.14. The van der Waals surface area contributed by atoms with E-state index in [0.29, 0.717) is 22.5 Å². The number of amides is 1. The molecule has 1 amide bonds. The van der Waals surface area contributed by atoms with Crippen LogP contribution in [0.3, 0.4) is 0 Å². The second-order valence-electron chi connectivity index (χ2n) is 5.20. The van der Waals surface area contributed by atoms with Crippen molar-refractivity contribution in [1.82, 2.24) is 10.6 Å². The van der Waals surface area contributed by atoms with E-state index in [2.05, 4.69) is 10.6 Å². The summed E-state index contributed by atoms with van der Waals surface area (Å²) in [5.41, 5.74) is 1.12. The molecule has 1 heterocycles. The third-order valence-electron chi connectivity index (χ3n) is 3.56. The second kappa shape index (κ2) is 9.52. The number of halogens is 3. The van der Waals surface area contributed by atoms with Crippen molar-refractivity contribution in [2.75, 3.05) is 13.1 Å². The van der Waals surface area contributed by atoms with E-state index >= 15 is 0 Å². The van der Waals surface area contributed by atoms with E-state index in [1.165, 1.54) is 6.42 Å². The van der Waals surface area contributed by atoms with Crippen molar-refractivity contribution in [2.24, 2.45) is 0 Å². The molecule has 1 fully saturated rings. The Morgan fingerprint density at radius 1 is 1.33 bits per heavy atom. The summed E-state index contributed by atoms with van der Waals surface area (Å²) in [6, 6.07) is 6.07. The van der Waals surface area contributed by atoms with Gasteiger partial charge in [-0.3, -0.25) is 4.79 Å². The third-order valence-corrected chi connectivity index (χ3v) is 4.30. The molecule has 3 nitrogen and oxygen atoms in total. The highest BCUT2D eigenvalue weighted by atomic mass is 35.5. The van der Waals surface area contributed by atoms with Crippen LogP contribution < -0.4 is 10.6 Å². The quantitative estimate of drug-likeness (QED) is 0.822. The highest BCUT2D eigenvalue weighted by molar-refractivity contribution is 6.42. The predicted octanol–water partition coefficient (Wildman–Crippen LogP) is 3.61. The van der Waals surface area contributed by atoms with Crippen molar-refractivity contribution >= 4 is 41.5 Å². The molecule has 0 spiro atoms. The van der Waals surface area contributed by atoms with Crippen LogP contribution in [0.4, 0.5) is 0 Å². The molecular weight excluding hydrogens is 331 g/mol. The Kier molecular flexibility index (Phi) is 8.42. The van der Waals surface area contributed by atoms with E-state index < -0.39 is 0 Å². The van der Waals surface area contributed by atoms with Gasteiger partial charge in [-0.1, -0.05) is 29.3 Å². The Labute approximate surface area is 142 Å². The van der Waals surface area contributed by atoms with Gasteiger partial charge in [0.15, 0.2) is 0 Å². The molecule has 2 rings (SSSR count). The Bertz CT molecular complexity index is 462. The maximum atomic E-state index is 11.7. The average molecular weight is 352 g/mol. The number of hydrogen-bond donors (Lipinski definition) is 2. The van der Waals surface area contributed by atoms with Gasteiger partial charge in [-0.15, -0.1) is 12.4 Å². The number of carbonyl (C=O) groups excluding carboxylic acids is 1. The first-order chi connectivity index (χ1) is 9.65. The standard InChI is InChI=1S/C15H20Cl2N2O.ClH/c16-13-7-6-11(9-14(13)17)3-1-5-15(20)19-10-12-4-2-8-18-12;/h6-7,9,12,18H,1-5,8,10H2,(H,19,20);1H. The summed E-state index contributed by atoms with van der Waals surface area (Å²) >= 11 is 11.8. The maximum Gasteiger partial charge on any atom is 0.220 e. The first-order valence-electron chi connectivity index (χ1n) is 7.09. The van der Waals surface area contributed by atoms with Crippen molar-refractivity contribution in [3.8, 4) is 0 Å². The summed E-state index contributed by atoms with van der Waals surface area (Å²) in [5, 5.41) is 7.48. The topological polar surface area (TPSA) is 41.1 Å². The molecule has 0 bridgehead atoms. The minimum absolute atomic E-state index is 0. The molecule has 1 aromatic rings. The van der Waals surface area contributed by atoms with Crippen molar-refractivity contribution in [2.45, 2.75) is 38.1 Å². The number of carbonyl (C=O) groups is 1. The third kappa shape index (κ3) is 6.43. The van der Waals surface area contributed by atoms with Gasteiger partial charge >= 0.3 is 0 Å². The number of rotatable bonds is 6. The maximum absolute atomic E-state index is 11.7. The molecule has 21 heavy (non-hydrogen) atoms. The minimum atomic E-state index is 0. The summed E-state index contributed by atoms with van der Waals surface area (Å²) in [6.45, 7) is 1.81. The van der Waals surface area contributed by atoms with Crippen LogP contribution in [0.5, 0.6) is 0 Å². The summed E-state index contributed by atoms with van der Waals surface area (Å²) in [5.74, 6) is 0.124.